The second-order valence-electron chi connectivity index (χ2n) is 16.0. The van der Waals surface area contributed by atoms with Gasteiger partial charge in [-0.2, -0.15) is 0 Å². The lowest BCUT2D eigenvalue weighted by molar-refractivity contribution is -0.117. The van der Waals surface area contributed by atoms with Gasteiger partial charge in [0.1, 0.15) is 23.7 Å². The zero-order valence-electron chi connectivity index (χ0n) is 35.5. The van der Waals surface area contributed by atoms with E-state index in [9.17, 15) is 14.4 Å². The number of amides is 1. The van der Waals surface area contributed by atoms with E-state index in [1.54, 1.807) is 26.4 Å². The lowest BCUT2D eigenvalue weighted by Crippen LogP contribution is -2.40. The summed E-state index contributed by atoms with van der Waals surface area (Å²) in [5.74, 6) is 1.54. The minimum Gasteiger partial charge on any atom is -0.497 e. The first kappa shape index (κ1) is 44.6. The molecule has 312 valence electrons. The van der Waals surface area contributed by atoms with Gasteiger partial charge in [-0.3, -0.25) is 9.59 Å². The highest BCUT2D eigenvalue weighted by atomic mass is 16.6. The van der Waals surface area contributed by atoms with Crippen LogP contribution in [0.5, 0.6) is 11.5 Å². The predicted molar refractivity (Wildman–Crippen MR) is 235 cm³/mol. The molecule has 59 heavy (non-hydrogen) atoms. The Hall–Kier alpha value is -5.51. The molecule has 0 aliphatic heterocycles. The van der Waals surface area contributed by atoms with E-state index in [1.807, 2.05) is 87.2 Å². The summed E-state index contributed by atoms with van der Waals surface area (Å²) < 4.78 is 16.2. The number of aliphatic hydroxyl groups is 1. The Labute approximate surface area is 350 Å². The highest BCUT2D eigenvalue weighted by molar-refractivity contribution is 5.94. The third-order valence-corrected chi connectivity index (χ3v) is 10.7. The fourth-order valence-corrected chi connectivity index (χ4v) is 7.46. The van der Waals surface area contributed by atoms with Crippen LogP contribution >= 0.6 is 0 Å². The molecule has 0 heterocycles. The van der Waals surface area contributed by atoms with Crippen molar-refractivity contribution in [3.63, 3.8) is 0 Å². The molecule has 1 amide bonds. The molecule has 0 fully saturated rings. The minimum absolute atomic E-state index is 0.0246. The molecular weight excluding hydrogens is 741 g/mol. The number of nitrogens with zero attached hydrogens (tertiary/aromatic N) is 1. The second-order valence-corrected chi connectivity index (χ2v) is 16.0. The molecule has 0 radical (unpaired) electrons. The van der Waals surface area contributed by atoms with Crippen molar-refractivity contribution in [1.29, 1.82) is 0 Å². The molecule has 2 aliphatic carbocycles. The van der Waals surface area contributed by atoms with E-state index in [4.69, 9.17) is 19.3 Å². The number of hydrogen-bond acceptors (Lipinski definition) is 8. The number of aliphatic hydroxyl groups excluding tert-OH is 1. The molecule has 0 spiro atoms. The van der Waals surface area contributed by atoms with Gasteiger partial charge in [0, 0.05) is 19.0 Å². The van der Waals surface area contributed by atoms with Gasteiger partial charge in [-0.25, -0.2) is 4.79 Å². The first-order valence-corrected chi connectivity index (χ1v) is 20.7. The number of allylic oxidation sites excluding steroid dienone is 1. The summed E-state index contributed by atoms with van der Waals surface area (Å²) in [5.41, 5.74) is 8.98. The van der Waals surface area contributed by atoms with E-state index in [0.29, 0.717) is 19.0 Å². The molecule has 2 unspecified atom stereocenters. The maximum absolute atomic E-state index is 13.2. The van der Waals surface area contributed by atoms with E-state index >= 15 is 0 Å². The van der Waals surface area contributed by atoms with Gasteiger partial charge >= 0.3 is 6.09 Å². The average molecular weight is 801 g/mol. The van der Waals surface area contributed by atoms with E-state index in [1.165, 1.54) is 28.3 Å². The van der Waals surface area contributed by atoms with Gasteiger partial charge in [-0.15, -0.1) is 0 Å². The summed E-state index contributed by atoms with van der Waals surface area (Å²) in [6, 6.07) is 29.1. The molecule has 2 aliphatic rings. The number of ketones is 2. The lowest BCUT2D eigenvalue weighted by atomic mass is 10.0. The smallest absolute Gasteiger partial charge is 0.410 e. The SMILES string of the molecule is CCC(=O)/C=C/c1ccc2c(c1)CCC2N(CCc1ccc(OC)cc1)C(=O)OC(C)(C)C.COc1ccc(CCNC2CCc3cc(/C=C/C(=O)CO)ccc32)cc1. The van der Waals surface area contributed by atoms with Gasteiger partial charge in [0.05, 0.1) is 20.3 Å². The quantitative estimate of drug-likeness (QED) is 0.108. The normalized spacial score (nSPS) is 15.6. The van der Waals surface area contributed by atoms with E-state index in [2.05, 4.69) is 41.7 Å². The van der Waals surface area contributed by atoms with Gasteiger partial charge < -0.3 is 29.5 Å². The molecule has 0 bridgehead atoms. The fraction of sp³-hybridized carbons (Fsp3) is 0.380. The molecule has 2 N–H and O–H groups in total. The summed E-state index contributed by atoms with van der Waals surface area (Å²) in [6.45, 7) is 8.60. The Bertz CT molecular complexity index is 2080. The van der Waals surface area contributed by atoms with Crippen LogP contribution in [0.25, 0.3) is 12.2 Å². The Balaban J connectivity index is 0.000000230. The van der Waals surface area contributed by atoms with Gasteiger partial charge in [0.2, 0.25) is 0 Å². The van der Waals surface area contributed by atoms with Gasteiger partial charge in [0.25, 0.3) is 0 Å². The van der Waals surface area contributed by atoms with Gasteiger partial charge in [-0.1, -0.05) is 79.7 Å². The first-order chi connectivity index (χ1) is 28.4. The van der Waals surface area contributed by atoms with E-state index in [-0.39, 0.29) is 23.7 Å². The standard InChI is InChI=1S/C28H35NO4.C22H25NO3/c1-6-23(30)12-7-21-10-15-25-22(19-21)11-16-26(25)29(27(31)33-28(2,3)4)18-17-20-8-13-24(32-5)14-9-20;1-26-20-8-3-16(4-9-20)12-13-23-22-11-6-18-14-17(5-10-21(18)22)2-7-19(25)15-24/h7-10,12-15,19,26H,6,11,16-18H2,1-5H3;2-5,7-10,14,22-24H,6,11-13,15H2,1H3/b12-7+;7-2+. The van der Waals surface area contributed by atoms with Crippen LogP contribution in [0, 0.1) is 0 Å². The maximum Gasteiger partial charge on any atom is 0.410 e. The highest BCUT2D eigenvalue weighted by Gasteiger charge is 2.33. The maximum atomic E-state index is 13.2. The number of aryl methyl sites for hydroxylation is 2. The van der Waals surface area contributed by atoms with Crippen molar-refractivity contribution < 1.29 is 33.7 Å². The van der Waals surface area contributed by atoms with Crippen molar-refractivity contribution in [1.82, 2.24) is 10.2 Å². The van der Waals surface area contributed by atoms with Gasteiger partial charge in [-0.05, 0) is 147 Å². The lowest BCUT2D eigenvalue weighted by Gasteiger charge is -2.32. The van der Waals surface area contributed by atoms with Crippen LogP contribution in [0.15, 0.2) is 97.1 Å². The Kier molecular flexibility index (Phi) is 16.2. The summed E-state index contributed by atoms with van der Waals surface area (Å²) in [5, 5.41) is 12.4. The van der Waals surface area contributed by atoms with Crippen LogP contribution < -0.4 is 14.8 Å². The third-order valence-electron chi connectivity index (χ3n) is 10.7. The Morgan fingerprint density at radius 2 is 1.29 bits per heavy atom. The fourth-order valence-electron chi connectivity index (χ4n) is 7.46. The molecule has 9 heteroatoms. The van der Waals surface area contributed by atoms with Crippen LogP contribution in [-0.4, -0.2) is 67.2 Å². The number of carbonyl (C=O) groups excluding carboxylic acids is 3. The number of benzene rings is 4. The van der Waals surface area contributed by atoms with Crippen molar-refractivity contribution in [2.24, 2.45) is 0 Å². The number of rotatable bonds is 16. The van der Waals surface area contributed by atoms with Crippen LogP contribution in [0.1, 0.15) is 104 Å². The van der Waals surface area contributed by atoms with E-state index in [0.717, 1.165) is 78.8 Å². The summed E-state index contributed by atoms with van der Waals surface area (Å²) >= 11 is 0. The molecule has 6 rings (SSSR count). The Morgan fingerprint density at radius 1 is 0.746 bits per heavy atom. The summed E-state index contributed by atoms with van der Waals surface area (Å²) in [6.07, 6.45) is 12.5. The summed E-state index contributed by atoms with van der Waals surface area (Å²) in [7, 11) is 3.33. The third kappa shape index (κ3) is 13.3. The Morgan fingerprint density at radius 3 is 1.85 bits per heavy atom. The summed E-state index contributed by atoms with van der Waals surface area (Å²) in [4.78, 5) is 37.9. The first-order valence-electron chi connectivity index (χ1n) is 20.7. The molecular formula is C50H60N2O7. The molecule has 0 saturated carbocycles. The molecule has 2 atom stereocenters. The van der Waals surface area contributed by atoms with Crippen LogP contribution in [-0.2, 0) is 40.0 Å². The van der Waals surface area contributed by atoms with Crippen molar-refractivity contribution >= 4 is 29.8 Å². The van der Waals surface area contributed by atoms with E-state index < -0.39 is 12.2 Å². The minimum atomic E-state index is -0.558. The zero-order valence-corrected chi connectivity index (χ0v) is 35.5. The van der Waals surface area contributed by atoms with Crippen molar-refractivity contribution in [3.8, 4) is 11.5 Å². The highest BCUT2D eigenvalue weighted by Crippen LogP contribution is 2.38. The van der Waals surface area contributed by atoms with Crippen molar-refractivity contribution in [3.05, 3.63) is 142 Å². The average Bonchev–Trinajstić information content (AvgIpc) is 3.85. The van der Waals surface area contributed by atoms with Crippen molar-refractivity contribution in [2.45, 2.75) is 90.3 Å². The van der Waals surface area contributed by atoms with Crippen LogP contribution in [0.4, 0.5) is 4.79 Å². The monoisotopic (exact) mass is 800 g/mol. The van der Waals surface area contributed by atoms with Crippen LogP contribution in [0.2, 0.25) is 0 Å². The number of nitrogens with one attached hydrogen (secondary N) is 1. The molecule has 9 nitrogen and oxygen atoms in total. The largest absolute Gasteiger partial charge is 0.497 e. The van der Waals surface area contributed by atoms with Gasteiger partial charge in [0.15, 0.2) is 11.6 Å². The number of hydrogen-bond donors (Lipinski definition) is 2. The number of fused-ring (bicyclic) bond motifs is 2. The molecule has 0 aromatic heterocycles. The molecule has 4 aromatic rings. The topological polar surface area (TPSA) is 114 Å². The van der Waals surface area contributed by atoms with Crippen LogP contribution in [0.3, 0.4) is 0 Å². The number of carbonyl (C=O) groups is 3. The molecule has 0 saturated heterocycles. The number of methoxy groups -OCH3 is 2. The number of ether oxygens (including phenoxy) is 3. The van der Waals surface area contributed by atoms with Crippen molar-refractivity contribution in [2.75, 3.05) is 33.9 Å². The second kappa shape index (κ2) is 21.5. The molecule has 4 aromatic carbocycles. The predicted octanol–water partition coefficient (Wildman–Crippen LogP) is 9.24. The zero-order chi connectivity index (χ0) is 42.4.